The molecule has 0 fully saturated rings. The molecule has 16 heavy (non-hydrogen) atoms. The molecule has 0 saturated carbocycles. The van der Waals surface area contributed by atoms with Crippen molar-refractivity contribution in [3.63, 3.8) is 0 Å². The molecule has 0 aliphatic rings. The Morgan fingerprint density at radius 3 is 2.62 bits per heavy atom. The molecule has 0 heterocycles. The van der Waals surface area contributed by atoms with Gasteiger partial charge in [0.25, 0.3) is 5.69 Å². The Morgan fingerprint density at radius 1 is 1.62 bits per heavy atom. The van der Waals surface area contributed by atoms with Gasteiger partial charge in [0.1, 0.15) is 5.69 Å². The number of nitrogens with one attached hydrogen (secondary N) is 1. The summed E-state index contributed by atoms with van der Waals surface area (Å²) in [7, 11) is 0. The molecule has 86 valence electrons. The van der Waals surface area contributed by atoms with Crippen molar-refractivity contribution < 1.29 is 4.92 Å². The number of nitrogens with two attached hydrogens (primary N) is 1. The maximum absolute atomic E-state index is 10.8. The van der Waals surface area contributed by atoms with Gasteiger partial charge in [-0.05, 0) is 28.1 Å². The fraction of sp³-hybridized carbons (Fsp3) is 0. The second kappa shape index (κ2) is 5.13. The summed E-state index contributed by atoms with van der Waals surface area (Å²) >= 11 is 19.2. The van der Waals surface area contributed by atoms with Crippen molar-refractivity contribution in [2.24, 2.45) is 5.73 Å². The van der Waals surface area contributed by atoms with Crippen molar-refractivity contribution in [1.82, 2.24) is 0 Å². The molecule has 0 amide bonds. The Kier molecular flexibility index (Phi) is 4.31. The molecule has 0 spiro atoms. The van der Waals surface area contributed by atoms with Crippen LogP contribution >= 0.6 is 51.3 Å². The molecule has 0 atom stereocenters. The Morgan fingerprint density at radius 2 is 2.19 bits per heavy atom. The third-order valence-corrected chi connectivity index (χ3v) is 3.50. The van der Waals surface area contributed by atoms with Crippen LogP contribution in [0, 0.1) is 10.1 Å². The van der Waals surface area contributed by atoms with E-state index in [0.717, 1.165) is 6.07 Å². The van der Waals surface area contributed by atoms with Gasteiger partial charge in [0, 0.05) is 6.07 Å². The molecule has 3 N–H and O–H groups in total. The van der Waals surface area contributed by atoms with Crippen LogP contribution in [0.5, 0.6) is 0 Å². The number of halogens is 3. The normalized spacial score (nSPS) is 9.94. The van der Waals surface area contributed by atoms with Crippen LogP contribution in [-0.4, -0.2) is 10.0 Å². The Balaban J connectivity index is 3.47. The number of nitro benzene ring substituents is 1. The molecule has 0 bridgehead atoms. The van der Waals surface area contributed by atoms with Crippen LogP contribution in [-0.2, 0) is 0 Å². The highest BCUT2D eigenvalue weighted by Crippen LogP contribution is 2.42. The molecule has 1 aromatic carbocycles. The molecule has 0 saturated heterocycles. The number of hydrogen-bond donors (Lipinski definition) is 2. The van der Waals surface area contributed by atoms with E-state index in [1.54, 1.807) is 0 Å². The lowest BCUT2D eigenvalue weighted by Gasteiger charge is -2.09. The van der Waals surface area contributed by atoms with Crippen molar-refractivity contribution in [3.8, 4) is 0 Å². The highest BCUT2D eigenvalue weighted by Gasteiger charge is 2.22. The second-order valence-electron chi connectivity index (χ2n) is 2.63. The first-order chi connectivity index (χ1) is 7.34. The van der Waals surface area contributed by atoms with E-state index in [4.69, 9.17) is 28.9 Å². The molecule has 1 aromatic rings. The summed E-state index contributed by atoms with van der Waals surface area (Å²) in [4.78, 5) is 10.2. The van der Waals surface area contributed by atoms with Crippen molar-refractivity contribution in [2.75, 3.05) is 5.32 Å². The number of thiocarbonyl (C=S) groups is 1. The summed E-state index contributed by atoms with van der Waals surface area (Å²) in [6, 6.07) is 1.12. The van der Waals surface area contributed by atoms with Crippen LogP contribution in [0.2, 0.25) is 10.0 Å². The largest absolute Gasteiger partial charge is 0.376 e. The van der Waals surface area contributed by atoms with Crippen LogP contribution in [0.25, 0.3) is 0 Å². The lowest BCUT2D eigenvalue weighted by molar-refractivity contribution is -0.383. The fourth-order valence-corrected chi connectivity index (χ4v) is 2.05. The second-order valence-corrected chi connectivity index (χ2v) is 4.64. The molecule has 0 aromatic heterocycles. The van der Waals surface area contributed by atoms with E-state index in [1.807, 2.05) is 0 Å². The van der Waals surface area contributed by atoms with E-state index in [-0.39, 0.29) is 31.0 Å². The van der Waals surface area contributed by atoms with E-state index < -0.39 is 4.92 Å². The molecular formula is C7H4BrCl2N3O2S. The average Bonchev–Trinajstić information content (AvgIpc) is 2.17. The fourth-order valence-electron chi connectivity index (χ4n) is 0.969. The Labute approximate surface area is 114 Å². The molecule has 0 radical (unpaired) electrons. The zero-order valence-electron chi connectivity index (χ0n) is 7.46. The van der Waals surface area contributed by atoms with Crippen LogP contribution in [0.4, 0.5) is 11.4 Å². The number of anilines is 1. The molecule has 9 heteroatoms. The van der Waals surface area contributed by atoms with Gasteiger partial charge in [0.05, 0.1) is 19.4 Å². The van der Waals surface area contributed by atoms with Crippen molar-refractivity contribution in [3.05, 3.63) is 30.7 Å². The van der Waals surface area contributed by atoms with Gasteiger partial charge in [-0.15, -0.1) is 0 Å². The van der Waals surface area contributed by atoms with Gasteiger partial charge < -0.3 is 11.1 Å². The van der Waals surface area contributed by atoms with Gasteiger partial charge in [-0.2, -0.15) is 0 Å². The smallest absolute Gasteiger partial charge is 0.295 e. The summed E-state index contributed by atoms with van der Waals surface area (Å²) in [6.07, 6.45) is 0. The molecule has 5 nitrogen and oxygen atoms in total. The third kappa shape index (κ3) is 2.73. The zero-order chi connectivity index (χ0) is 12.5. The highest BCUT2D eigenvalue weighted by molar-refractivity contribution is 9.10. The minimum atomic E-state index is -0.617. The van der Waals surface area contributed by atoms with E-state index in [9.17, 15) is 10.1 Å². The minimum Gasteiger partial charge on any atom is -0.376 e. The van der Waals surface area contributed by atoms with Gasteiger partial charge in [0.2, 0.25) is 0 Å². The van der Waals surface area contributed by atoms with E-state index in [1.165, 1.54) is 0 Å². The zero-order valence-corrected chi connectivity index (χ0v) is 11.4. The number of nitro groups is 1. The van der Waals surface area contributed by atoms with Crippen molar-refractivity contribution in [2.45, 2.75) is 0 Å². The predicted molar refractivity (Wildman–Crippen MR) is 71.2 cm³/mol. The van der Waals surface area contributed by atoms with Gasteiger partial charge in [-0.25, -0.2) is 0 Å². The lowest BCUT2D eigenvalue weighted by atomic mass is 10.2. The first kappa shape index (κ1) is 13.4. The highest BCUT2D eigenvalue weighted by atomic mass is 79.9. The van der Waals surface area contributed by atoms with Crippen LogP contribution in [0.15, 0.2) is 10.5 Å². The van der Waals surface area contributed by atoms with E-state index in [2.05, 4.69) is 33.5 Å². The predicted octanol–water partition coefficient (Wildman–Crippen LogP) is 3.32. The quantitative estimate of drug-likeness (QED) is 0.372. The lowest BCUT2D eigenvalue weighted by Crippen LogP contribution is -2.20. The Bertz CT molecular complexity index is 483. The number of rotatable bonds is 2. The summed E-state index contributed by atoms with van der Waals surface area (Å²) in [5, 5.41) is 13.3. The summed E-state index contributed by atoms with van der Waals surface area (Å²) < 4.78 is 0.237. The molecule has 0 aliphatic carbocycles. The average molecular weight is 345 g/mol. The first-order valence-corrected chi connectivity index (χ1v) is 5.68. The maximum atomic E-state index is 10.8. The standard InChI is InChI=1S/C7H4BrCl2N3O2S/c8-4-5(10)2(9)1-3(13(14)15)6(4)12-7(11)16/h1H,(H3,11,12,16). The van der Waals surface area contributed by atoms with Gasteiger partial charge in [-0.1, -0.05) is 23.2 Å². The monoisotopic (exact) mass is 343 g/mol. The van der Waals surface area contributed by atoms with Crippen LogP contribution in [0.1, 0.15) is 0 Å². The minimum absolute atomic E-state index is 0.0636. The number of benzene rings is 1. The molecule has 0 unspecified atom stereocenters. The third-order valence-electron chi connectivity index (χ3n) is 1.59. The molecule has 0 aliphatic heterocycles. The van der Waals surface area contributed by atoms with Gasteiger partial charge in [-0.3, -0.25) is 10.1 Å². The SMILES string of the molecule is NC(=S)Nc1c([N+](=O)[O-])cc(Cl)c(Cl)c1Br. The summed E-state index contributed by atoms with van der Waals surface area (Å²) in [5.41, 5.74) is 5.06. The molecular weight excluding hydrogens is 341 g/mol. The van der Waals surface area contributed by atoms with Crippen LogP contribution < -0.4 is 11.1 Å². The summed E-state index contributed by atoms with van der Waals surface area (Å²) in [6.45, 7) is 0. The first-order valence-electron chi connectivity index (χ1n) is 3.73. The topological polar surface area (TPSA) is 81.2 Å². The maximum Gasteiger partial charge on any atom is 0.295 e. The van der Waals surface area contributed by atoms with Crippen molar-refractivity contribution in [1.29, 1.82) is 0 Å². The van der Waals surface area contributed by atoms with E-state index in [0.29, 0.717) is 0 Å². The van der Waals surface area contributed by atoms with E-state index >= 15 is 0 Å². The number of hydrogen-bond acceptors (Lipinski definition) is 3. The Hall–Kier alpha value is -0.630. The van der Waals surface area contributed by atoms with Gasteiger partial charge in [0.15, 0.2) is 5.11 Å². The van der Waals surface area contributed by atoms with Crippen LogP contribution in [0.3, 0.4) is 0 Å². The van der Waals surface area contributed by atoms with Crippen molar-refractivity contribution >= 4 is 67.8 Å². The summed E-state index contributed by atoms with van der Waals surface area (Å²) in [5.74, 6) is 0. The number of nitrogens with zero attached hydrogens (tertiary/aromatic N) is 1. The van der Waals surface area contributed by atoms with Gasteiger partial charge >= 0.3 is 0 Å². The molecule has 1 rings (SSSR count).